The fraction of sp³-hybridized carbons (Fsp3) is 0.333. The molecule has 21 heavy (non-hydrogen) atoms. The van der Waals surface area contributed by atoms with Crippen molar-refractivity contribution >= 4 is 5.82 Å². The van der Waals surface area contributed by atoms with Crippen molar-refractivity contribution in [3.63, 3.8) is 0 Å². The number of nitrogens with zero attached hydrogens (tertiary/aromatic N) is 2. The summed E-state index contributed by atoms with van der Waals surface area (Å²) in [6.07, 6.45) is 0.938. The minimum absolute atomic E-state index is 0.265. The van der Waals surface area contributed by atoms with Crippen molar-refractivity contribution in [1.82, 2.24) is 9.97 Å². The van der Waals surface area contributed by atoms with E-state index in [0.717, 1.165) is 19.0 Å². The Balaban J connectivity index is 2.42. The van der Waals surface area contributed by atoms with Crippen molar-refractivity contribution in [2.75, 3.05) is 19.0 Å². The molecule has 0 unspecified atom stereocenters. The summed E-state index contributed by atoms with van der Waals surface area (Å²) in [4.78, 5) is 8.57. The van der Waals surface area contributed by atoms with E-state index in [1.165, 1.54) is 12.1 Å². The number of aromatic nitrogens is 2. The second-order valence-corrected chi connectivity index (χ2v) is 4.59. The maximum Gasteiger partial charge on any atom is 0.162 e. The Hall–Kier alpha value is -2.08. The highest BCUT2D eigenvalue weighted by Crippen LogP contribution is 2.21. The van der Waals surface area contributed by atoms with Crippen LogP contribution in [0.25, 0.3) is 11.4 Å². The number of ether oxygens (including phenoxy) is 1. The minimum Gasteiger partial charge on any atom is -0.378 e. The topological polar surface area (TPSA) is 47.0 Å². The molecule has 0 fully saturated rings. The van der Waals surface area contributed by atoms with Crippen LogP contribution in [0, 0.1) is 11.6 Å². The van der Waals surface area contributed by atoms with E-state index in [2.05, 4.69) is 15.3 Å². The molecule has 0 bridgehead atoms. The van der Waals surface area contributed by atoms with Crippen LogP contribution in [-0.2, 0) is 11.3 Å². The summed E-state index contributed by atoms with van der Waals surface area (Å²) in [5.74, 6) is -0.442. The molecule has 0 aliphatic rings. The lowest BCUT2D eigenvalue weighted by molar-refractivity contribution is 0.181. The third kappa shape index (κ3) is 4.19. The van der Waals surface area contributed by atoms with Crippen LogP contribution >= 0.6 is 0 Å². The molecule has 2 rings (SSSR count). The van der Waals surface area contributed by atoms with E-state index in [4.69, 9.17) is 4.74 Å². The summed E-state index contributed by atoms with van der Waals surface area (Å²) >= 11 is 0. The molecule has 0 aliphatic carbocycles. The van der Waals surface area contributed by atoms with E-state index in [0.29, 0.717) is 23.7 Å². The van der Waals surface area contributed by atoms with Gasteiger partial charge in [0, 0.05) is 31.4 Å². The Morgan fingerprint density at radius 2 is 1.81 bits per heavy atom. The smallest absolute Gasteiger partial charge is 0.162 e. The van der Waals surface area contributed by atoms with Crippen LogP contribution in [0.5, 0.6) is 0 Å². The number of nitrogens with one attached hydrogen (secondary N) is 1. The van der Waals surface area contributed by atoms with Crippen molar-refractivity contribution in [3.05, 3.63) is 41.6 Å². The predicted octanol–water partition coefficient (Wildman–Crippen LogP) is 3.39. The van der Waals surface area contributed by atoms with Gasteiger partial charge in [0.15, 0.2) is 5.82 Å². The third-order valence-electron chi connectivity index (χ3n) is 2.75. The van der Waals surface area contributed by atoms with Gasteiger partial charge in [-0.05, 0) is 18.6 Å². The summed E-state index contributed by atoms with van der Waals surface area (Å²) in [6.45, 7) is 3.08. The van der Waals surface area contributed by atoms with Gasteiger partial charge in [0.2, 0.25) is 0 Å². The molecule has 0 atom stereocenters. The highest BCUT2D eigenvalue weighted by atomic mass is 19.1. The molecule has 0 saturated carbocycles. The van der Waals surface area contributed by atoms with Gasteiger partial charge in [-0.3, -0.25) is 0 Å². The molecule has 1 N–H and O–H groups in total. The maximum absolute atomic E-state index is 13.3. The number of hydrogen-bond donors (Lipinski definition) is 1. The normalized spacial score (nSPS) is 10.7. The largest absolute Gasteiger partial charge is 0.378 e. The molecule has 2 aromatic rings. The number of halogens is 2. The van der Waals surface area contributed by atoms with Gasteiger partial charge < -0.3 is 10.1 Å². The average molecular weight is 293 g/mol. The first-order valence-electron chi connectivity index (χ1n) is 6.69. The SMILES string of the molecule is CCCNc1cc(COC)nc(-c2cc(F)cc(F)c2)n1. The number of benzene rings is 1. The van der Waals surface area contributed by atoms with Crippen molar-refractivity contribution in [2.45, 2.75) is 20.0 Å². The lowest BCUT2D eigenvalue weighted by Crippen LogP contribution is -2.06. The van der Waals surface area contributed by atoms with Gasteiger partial charge in [-0.25, -0.2) is 18.7 Å². The molecule has 6 heteroatoms. The molecule has 1 aromatic carbocycles. The quantitative estimate of drug-likeness (QED) is 0.887. The summed E-state index contributed by atoms with van der Waals surface area (Å²) in [7, 11) is 1.56. The van der Waals surface area contributed by atoms with Gasteiger partial charge in [-0.1, -0.05) is 6.92 Å². The average Bonchev–Trinajstić information content (AvgIpc) is 2.44. The fourth-order valence-corrected chi connectivity index (χ4v) is 1.87. The van der Waals surface area contributed by atoms with Crippen LogP contribution in [0.15, 0.2) is 24.3 Å². The van der Waals surface area contributed by atoms with Gasteiger partial charge in [0.1, 0.15) is 17.5 Å². The molecule has 4 nitrogen and oxygen atoms in total. The first-order chi connectivity index (χ1) is 10.1. The van der Waals surface area contributed by atoms with Crippen molar-refractivity contribution < 1.29 is 13.5 Å². The van der Waals surface area contributed by atoms with E-state index in [-0.39, 0.29) is 5.82 Å². The Bertz CT molecular complexity index is 600. The second-order valence-electron chi connectivity index (χ2n) is 4.59. The molecular formula is C15H17F2N3O. The lowest BCUT2D eigenvalue weighted by atomic mass is 10.2. The summed E-state index contributed by atoms with van der Waals surface area (Å²) in [6, 6.07) is 4.99. The number of anilines is 1. The van der Waals surface area contributed by atoms with E-state index >= 15 is 0 Å². The zero-order chi connectivity index (χ0) is 15.2. The van der Waals surface area contributed by atoms with Gasteiger partial charge >= 0.3 is 0 Å². The number of hydrogen-bond acceptors (Lipinski definition) is 4. The fourth-order valence-electron chi connectivity index (χ4n) is 1.87. The monoisotopic (exact) mass is 293 g/mol. The van der Waals surface area contributed by atoms with Crippen LogP contribution in [0.4, 0.5) is 14.6 Å². The van der Waals surface area contributed by atoms with Gasteiger partial charge in [0.25, 0.3) is 0 Å². The third-order valence-corrected chi connectivity index (χ3v) is 2.75. The highest BCUT2D eigenvalue weighted by Gasteiger charge is 2.09. The molecule has 0 aliphatic heterocycles. The number of methoxy groups -OCH3 is 1. The Kier molecular flexibility index (Phi) is 5.16. The molecule has 1 aromatic heterocycles. The van der Waals surface area contributed by atoms with Crippen LogP contribution < -0.4 is 5.32 Å². The van der Waals surface area contributed by atoms with E-state index < -0.39 is 11.6 Å². The van der Waals surface area contributed by atoms with Crippen molar-refractivity contribution in [1.29, 1.82) is 0 Å². The summed E-state index contributed by atoms with van der Waals surface area (Å²) < 4.78 is 31.7. The van der Waals surface area contributed by atoms with Gasteiger partial charge in [0.05, 0.1) is 12.3 Å². The summed E-state index contributed by atoms with van der Waals surface area (Å²) in [5, 5.41) is 3.14. The van der Waals surface area contributed by atoms with Crippen LogP contribution in [0.2, 0.25) is 0 Å². The zero-order valence-electron chi connectivity index (χ0n) is 12.0. The number of rotatable bonds is 6. The molecule has 0 saturated heterocycles. The standard InChI is InChI=1S/C15H17F2N3O/c1-3-4-18-14-8-13(9-21-2)19-15(20-14)10-5-11(16)7-12(17)6-10/h5-8H,3-4,9H2,1-2H3,(H,18,19,20). The molecule has 0 amide bonds. The predicted molar refractivity (Wildman–Crippen MR) is 76.9 cm³/mol. The highest BCUT2D eigenvalue weighted by molar-refractivity contribution is 5.57. The van der Waals surface area contributed by atoms with E-state index in [1.54, 1.807) is 13.2 Å². The molecule has 1 heterocycles. The van der Waals surface area contributed by atoms with Gasteiger partial charge in [-0.2, -0.15) is 0 Å². The van der Waals surface area contributed by atoms with E-state index in [9.17, 15) is 8.78 Å². The van der Waals surface area contributed by atoms with Crippen LogP contribution in [-0.4, -0.2) is 23.6 Å². The molecule has 112 valence electrons. The molecule has 0 radical (unpaired) electrons. The van der Waals surface area contributed by atoms with Gasteiger partial charge in [-0.15, -0.1) is 0 Å². The second kappa shape index (κ2) is 7.08. The van der Waals surface area contributed by atoms with E-state index in [1.807, 2.05) is 6.92 Å². The Labute approximate surface area is 122 Å². The summed E-state index contributed by atoms with van der Waals surface area (Å²) in [5.41, 5.74) is 0.941. The molecular weight excluding hydrogens is 276 g/mol. The lowest BCUT2D eigenvalue weighted by Gasteiger charge is -2.09. The minimum atomic E-state index is -0.659. The Morgan fingerprint density at radius 1 is 1.10 bits per heavy atom. The first kappa shape index (κ1) is 15.3. The maximum atomic E-state index is 13.3. The Morgan fingerprint density at radius 3 is 2.43 bits per heavy atom. The van der Waals surface area contributed by atoms with Crippen LogP contribution in [0.1, 0.15) is 19.0 Å². The van der Waals surface area contributed by atoms with Crippen molar-refractivity contribution in [3.8, 4) is 11.4 Å². The van der Waals surface area contributed by atoms with Crippen LogP contribution in [0.3, 0.4) is 0 Å². The van der Waals surface area contributed by atoms with Crippen molar-refractivity contribution in [2.24, 2.45) is 0 Å². The zero-order valence-corrected chi connectivity index (χ0v) is 12.0. The molecule has 0 spiro atoms. The first-order valence-corrected chi connectivity index (χ1v) is 6.69.